The summed E-state index contributed by atoms with van der Waals surface area (Å²) in [4.78, 5) is 62.4. The highest BCUT2D eigenvalue weighted by Gasteiger charge is 2.31. The lowest BCUT2D eigenvalue weighted by atomic mass is 10.2. The van der Waals surface area contributed by atoms with E-state index in [4.69, 9.17) is 24.5 Å². The Labute approximate surface area is 254 Å². The topological polar surface area (TPSA) is 227 Å². The summed E-state index contributed by atoms with van der Waals surface area (Å²) in [5, 5.41) is 35.6. The van der Waals surface area contributed by atoms with Crippen molar-refractivity contribution in [1.82, 2.24) is 20.2 Å². The summed E-state index contributed by atoms with van der Waals surface area (Å²) >= 11 is 0. The molecular formula is C28H41N7O9. The van der Waals surface area contributed by atoms with Crippen LogP contribution in [0.2, 0.25) is 0 Å². The van der Waals surface area contributed by atoms with Gasteiger partial charge in [-0.2, -0.15) is 4.98 Å². The molecule has 242 valence electrons. The number of hydrogen-bond donors (Lipinski definition) is 5. The molecular weight excluding hydrogens is 578 g/mol. The number of aromatic nitrogens is 2. The zero-order valence-electron chi connectivity index (χ0n) is 25.1. The summed E-state index contributed by atoms with van der Waals surface area (Å²) in [6.45, 7) is 10.2. The average molecular weight is 620 g/mol. The summed E-state index contributed by atoms with van der Waals surface area (Å²) in [5.41, 5.74) is 1.000. The summed E-state index contributed by atoms with van der Waals surface area (Å²) in [6.07, 6.45) is 1.18. The second-order valence-electron chi connectivity index (χ2n) is 10.2. The molecule has 2 aliphatic rings. The van der Waals surface area contributed by atoms with Gasteiger partial charge in [-0.3, -0.25) is 9.88 Å². The molecule has 2 aromatic rings. The molecule has 2 aliphatic heterocycles. The van der Waals surface area contributed by atoms with Crippen molar-refractivity contribution in [2.75, 3.05) is 50.7 Å². The zero-order chi connectivity index (χ0) is 32.6. The van der Waals surface area contributed by atoms with Crippen molar-refractivity contribution in [1.29, 1.82) is 0 Å². The molecule has 1 aromatic heterocycles. The first-order chi connectivity index (χ1) is 20.9. The van der Waals surface area contributed by atoms with Crippen LogP contribution in [-0.4, -0.2) is 96.7 Å². The Kier molecular flexibility index (Phi) is 14.7. The van der Waals surface area contributed by atoms with Crippen molar-refractivity contribution in [3.8, 4) is 0 Å². The Hall–Kier alpha value is -4.54. The van der Waals surface area contributed by atoms with E-state index in [2.05, 4.69) is 25.8 Å². The molecule has 2 fully saturated rings. The van der Waals surface area contributed by atoms with Crippen molar-refractivity contribution in [3.63, 3.8) is 0 Å². The average Bonchev–Trinajstić information content (AvgIpc) is 2.98. The fraction of sp³-hybridized carbons (Fsp3) is 0.500. The third-order valence-corrected chi connectivity index (χ3v) is 6.67. The number of carbonyl (C=O) groups excluding carboxylic acids is 3. The number of anilines is 1. The Morgan fingerprint density at radius 3 is 2.32 bits per heavy atom. The largest absolute Gasteiger partial charge is 0.550 e. The minimum atomic E-state index is -1.34. The number of nitrogens with two attached hydrogens (primary N) is 1. The van der Waals surface area contributed by atoms with Gasteiger partial charge in [0.05, 0.1) is 45.8 Å². The van der Waals surface area contributed by atoms with Gasteiger partial charge >= 0.3 is 17.8 Å². The van der Waals surface area contributed by atoms with Gasteiger partial charge in [0.25, 0.3) is 0 Å². The van der Waals surface area contributed by atoms with Crippen LogP contribution in [0.5, 0.6) is 0 Å². The van der Waals surface area contributed by atoms with E-state index in [1.54, 1.807) is 18.3 Å². The number of rotatable bonds is 8. The number of ether oxygens (including phenoxy) is 1. The Bertz CT molecular complexity index is 1270. The molecule has 16 nitrogen and oxygen atoms in total. The van der Waals surface area contributed by atoms with Crippen LogP contribution in [0.25, 0.3) is 0 Å². The van der Waals surface area contributed by atoms with Crippen LogP contribution in [0, 0.1) is 6.92 Å². The van der Waals surface area contributed by atoms with E-state index >= 15 is 0 Å². The summed E-state index contributed by atoms with van der Waals surface area (Å²) < 4.78 is 6.34. The second kappa shape index (κ2) is 18.2. The lowest BCUT2D eigenvalue weighted by molar-refractivity contribution is -0.946. The van der Waals surface area contributed by atoms with E-state index < -0.39 is 35.7 Å². The molecule has 16 heteroatoms. The molecule has 0 spiro atoms. The molecule has 2 saturated heterocycles. The van der Waals surface area contributed by atoms with Crippen LogP contribution in [-0.2, 0) is 32.3 Å². The molecule has 0 aliphatic carbocycles. The highest BCUT2D eigenvalue weighted by Crippen LogP contribution is 2.14. The van der Waals surface area contributed by atoms with Crippen molar-refractivity contribution in [3.05, 3.63) is 58.1 Å². The highest BCUT2D eigenvalue weighted by atomic mass is 16.5. The number of nitrogens with one attached hydrogen (secondary N) is 3. The molecule has 0 saturated carbocycles. The highest BCUT2D eigenvalue weighted by molar-refractivity contribution is 5.79. The Balaban J connectivity index is 0.000000754. The lowest BCUT2D eigenvalue weighted by Gasteiger charge is -2.38. The number of aryl methyl sites for hydroxylation is 1. The van der Waals surface area contributed by atoms with Gasteiger partial charge in [-0.25, -0.2) is 14.4 Å². The van der Waals surface area contributed by atoms with Crippen LogP contribution in [0.4, 0.5) is 10.6 Å². The molecule has 4 rings (SSSR count). The van der Waals surface area contributed by atoms with Crippen LogP contribution in [0.1, 0.15) is 25.0 Å². The van der Waals surface area contributed by atoms with E-state index in [0.29, 0.717) is 12.0 Å². The smallest absolute Gasteiger partial charge is 0.408 e. The molecule has 44 heavy (non-hydrogen) atoms. The number of amides is 1. The molecule has 1 aromatic carbocycles. The van der Waals surface area contributed by atoms with Gasteiger partial charge < -0.3 is 50.1 Å². The van der Waals surface area contributed by atoms with Gasteiger partial charge in [0, 0.05) is 23.7 Å². The van der Waals surface area contributed by atoms with Crippen LogP contribution >= 0.6 is 0 Å². The SMILES string of the molecule is CC(=O)[O-].CC(=O)[O-].Cc1cn(C[C@H](NC(=O)OCc2ccccc2)C(=O)O)c(=O)nc1N1CC[NH+](C2C[NH2+]CCN2)CC1. The fourth-order valence-corrected chi connectivity index (χ4v) is 4.72. The number of benzene rings is 1. The monoisotopic (exact) mass is 619 g/mol. The molecule has 2 atom stereocenters. The number of aliphatic carboxylic acids is 3. The number of nitrogens with zero attached hydrogens (tertiary/aromatic N) is 3. The number of hydrogen-bond acceptors (Lipinski definition) is 11. The first-order valence-corrected chi connectivity index (χ1v) is 14.1. The van der Waals surface area contributed by atoms with Gasteiger partial charge in [-0.1, -0.05) is 30.3 Å². The Morgan fingerprint density at radius 2 is 1.77 bits per heavy atom. The zero-order valence-corrected chi connectivity index (χ0v) is 25.1. The van der Waals surface area contributed by atoms with Crippen LogP contribution < -0.4 is 41.7 Å². The standard InChI is InChI=1S/C24H33N7O5.2C2H4O2/c1-17-14-31(15-19(22(32)33)27-24(35)36-16-18-5-3-2-4-6-18)23(34)28-21(17)30-11-9-29(10-12-30)20-13-25-7-8-26-20;2*1-2(3)4/h2-6,14,19-20,25-26H,7-13,15-16H2,1H3,(H,27,35)(H,32,33);2*1H3,(H,3,4)/t19-,20?;;/m0../s1. The number of piperazine rings is 2. The first-order valence-electron chi connectivity index (χ1n) is 14.1. The van der Waals surface area contributed by atoms with E-state index in [1.807, 2.05) is 25.1 Å². The molecule has 6 N–H and O–H groups in total. The molecule has 3 heterocycles. The summed E-state index contributed by atoms with van der Waals surface area (Å²) in [7, 11) is 0. The van der Waals surface area contributed by atoms with E-state index in [9.17, 15) is 19.5 Å². The predicted octanol–water partition coefficient (Wildman–Crippen LogP) is -5.36. The van der Waals surface area contributed by atoms with Crippen molar-refractivity contribution in [2.24, 2.45) is 0 Å². The van der Waals surface area contributed by atoms with Crippen LogP contribution in [0.3, 0.4) is 0 Å². The second-order valence-corrected chi connectivity index (χ2v) is 10.2. The number of quaternary nitrogens is 2. The summed E-state index contributed by atoms with van der Waals surface area (Å²) in [5.74, 6) is -2.81. The number of carboxylic acids is 3. The number of alkyl carbamates (subject to hydrolysis) is 1. The Morgan fingerprint density at radius 1 is 1.16 bits per heavy atom. The molecule has 0 bridgehead atoms. The normalized spacial score (nSPS) is 17.1. The van der Waals surface area contributed by atoms with Crippen molar-refractivity contribution >= 4 is 29.8 Å². The van der Waals surface area contributed by atoms with Crippen molar-refractivity contribution < 1.29 is 49.5 Å². The van der Waals surface area contributed by atoms with Gasteiger partial charge in [0.1, 0.15) is 25.0 Å². The third-order valence-electron chi connectivity index (χ3n) is 6.67. The van der Waals surface area contributed by atoms with E-state index in [0.717, 1.165) is 70.8 Å². The maximum atomic E-state index is 12.8. The van der Waals surface area contributed by atoms with E-state index in [1.165, 1.54) is 9.47 Å². The van der Waals surface area contributed by atoms with Gasteiger partial charge in [0.15, 0.2) is 6.17 Å². The van der Waals surface area contributed by atoms with Gasteiger partial charge in [-0.15, -0.1) is 0 Å². The minimum absolute atomic E-state index is 0.0123. The lowest BCUT2D eigenvalue weighted by Crippen LogP contribution is -3.23. The fourth-order valence-electron chi connectivity index (χ4n) is 4.72. The van der Waals surface area contributed by atoms with Crippen LogP contribution in [0.15, 0.2) is 41.3 Å². The quantitative estimate of drug-likeness (QED) is 0.187. The molecule has 0 radical (unpaired) electrons. The van der Waals surface area contributed by atoms with E-state index in [-0.39, 0.29) is 13.2 Å². The molecule has 1 amide bonds. The van der Waals surface area contributed by atoms with Gasteiger partial charge in [-0.05, 0) is 26.3 Å². The van der Waals surface area contributed by atoms with Gasteiger partial charge in [0.2, 0.25) is 0 Å². The third kappa shape index (κ3) is 12.8. The summed E-state index contributed by atoms with van der Waals surface area (Å²) in [6, 6.07) is 7.72. The maximum Gasteiger partial charge on any atom is 0.408 e. The minimum Gasteiger partial charge on any atom is -0.550 e. The predicted molar refractivity (Wildman–Crippen MR) is 152 cm³/mol. The number of carboxylic acid groups (broad SMARTS) is 3. The maximum absolute atomic E-state index is 12.8. The first kappa shape index (κ1) is 35.7. The number of carbonyl (C=O) groups is 4. The molecule has 1 unspecified atom stereocenters. The van der Waals surface area contributed by atoms with Crippen molar-refractivity contribution in [2.45, 2.75) is 46.1 Å².